The molecule has 0 saturated heterocycles. The van der Waals surface area contributed by atoms with E-state index in [0.29, 0.717) is 6.61 Å². The summed E-state index contributed by atoms with van der Waals surface area (Å²) in [7, 11) is 0. The smallest absolute Gasteiger partial charge is 0.127 e. The average Bonchev–Trinajstić information content (AvgIpc) is 2.66. The third kappa shape index (κ3) is 3.35. The van der Waals surface area contributed by atoms with E-state index in [1.54, 1.807) is 0 Å². The fourth-order valence-electron chi connectivity index (χ4n) is 1.91. The molecule has 0 bridgehead atoms. The van der Waals surface area contributed by atoms with Gasteiger partial charge in [0.15, 0.2) is 0 Å². The maximum absolute atomic E-state index is 5.50. The van der Waals surface area contributed by atoms with Crippen molar-refractivity contribution in [3.63, 3.8) is 0 Å². The quantitative estimate of drug-likeness (QED) is 0.915. The summed E-state index contributed by atoms with van der Waals surface area (Å²) in [5, 5.41) is 0. The Kier molecular flexibility index (Phi) is 4.42. The summed E-state index contributed by atoms with van der Waals surface area (Å²) in [4.78, 5) is 7.57. The van der Waals surface area contributed by atoms with E-state index in [-0.39, 0.29) is 0 Å². The van der Waals surface area contributed by atoms with Crippen LogP contribution in [0.2, 0.25) is 0 Å². The van der Waals surface area contributed by atoms with Crippen LogP contribution in [0.15, 0.2) is 28.9 Å². The Morgan fingerprint density at radius 3 is 2.83 bits per heavy atom. The summed E-state index contributed by atoms with van der Waals surface area (Å²) in [5.74, 6) is 1.88. The highest BCUT2D eigenvalue weighted by Crippen LogP contribution is 2.18. The van der Waals surface area contributed by atoms with Crippen LogP contribution in [0.5, 0.6) is 5.75 Å². The number of aromatic amines is 1. The van der Waals surface area contributed by atoms with Gasteiger partial charge in [0.05, 0.1) is 6.61 Å². The molecule has 0 spiro atoms. The van der Waals surface area contributed by atoms with E-state index in [4.69, 9.17) is 4.74 Å². The normalized spacial score (nSPS) is 10.6. The lowest BCUT2D eigenvalue weighted by atomic mass is 10.1. The van der Waals surface area contributed by atoms with Gasteiger partial charge in [0.25, 0.3) is 0 Å². The lowest BCUT2D eigenvalue weighted by molar-refractivity contribution is 0.340. The first-order chi connectivity index (χ1) is 8.69. The van der Waals surface area contributed by atoms with Crippen molar-refractivity contribution in [1.29, 1.82) is 0 Å². The second-order valence-electron chi connectivity index (χ2n) is 4.17. The van der Waals surface area contributed by atoms with Crippen molar-refractivity contribution >= 4 is 15.9 Å². The highest BCUT2D eigenvalue weighted by Gasteiger charge is 2.05. The molecule has 0 aliphatic heterocycles. The van der Waals surface area contributed by atoms with Crippen LogP contribution in [0.25, 0.3) is 0 Å². The molecule has 1 aromatic carbocycles. The Labute approximate surface area is 116 Å². The predicted molar refractivity (Wildman–Crippen MR) is 76.0 cm³/mol. The van der Waals surface area contributed by atoms with Crippen LogP contribution in [0.3, 0.4) is 0 Å². The molecule has 4 heteroatoms. The minimum Gasteiger partial charge on any atom is -0.494 e. The van der Waals surface area contributed by atoms with Gasteiger partial charge in [-0.3, -0.25) is 0 Å². The van der Waals surface area contributed by atoms with Gasteiger partial charge in [-0.1, -0.05) is 12.1 Å². The summed E-state index contributed by atoms with van der Waals surface area (Å²) in [6.45, 7) is 4.66. The molecule has 0 saturated carbocycles. The van der Waals surface area contributed by atoms with Gasteiger partial charge in [0.1, 0.15) is 16.2 Å². The van der Waals surface area contributed by atoms with E-state index in [1.807, 2.05) is 26.0 Å². The standard InChI is InChI=1S/C14H17BrN2O/c1-3-18-12-6-4-5-11(9-12)7-8-13-14(15)17-10(2)16-13/h4-6,9H,3,7-8H2,1-2H3,(H,16,17). The Morgan fingerprint density at radius 2 is 2.17 bits per heavy atom. The van der Waals surface area contributed by atoms with E-state index in [9.17, 15) is 0 Å². The largest absolute Gasteiger partial charge is 0.494 e. The van der Waals surface area contributed by atoms with Gasteiger partial charge in [-0.25, -0.2) is 4.98 Å². The minimum absolute atomic E-state index is 0.703. The van der Waals surface area contributed by atoms with Crippen LogP contribution in [-0.2, 0) is 12.8 Å². The molecule has 2 rings (SSSR count). The first kappa shape index (κ1) is 13.1. The van der Waals surface area contributed by atoms with Gasteiger partial charge in [-0.15, -0.1) is 0 Å². The summed E-state index contributed by atoms with van der Waals surface area (Å²) in [6.07, 6.45) is 1.91. The zero-order chi connectivity index (χ0) is 13.0. The molecule has 1 aromatic heterocycles. The van der Waals surface area contributed by atoms with E-state index in [2.05, 4.69) is 38.0 Å². The van der Waals surface area contributed by atoms with E-state index in [1.165, 1.54) is 5.56 Å². The number of halogens is 1. The maximum Gasteiger partial charge on any atom is 0.127 e. The monoisotopic (exact) mass is 308 g/mol. The van der Waals surface area contributed by atoms with Crippen molar-refractivity contribution in [3.05, 3.63) is 46.0 Å². The molecule has 2 aromatic rings. The Bertz CT molecular complexity index is 522. The number of aromatic nitrogens is 2. The lowest BCUT2D eigenvalue weighted by Gasteiger charge is -2.05. The van der Waals surface area contributed by atoms with Gasteiger partial charge >= 0.3 is 0 Å². The van der Waals surface area contributed by atoms with Crippen molar-refractivity contribution in [1.82, 2.24) is 9.97 Å². The SMILES string of the molecule is CCOc1cccc(CCc2[nH]c(C)nc2Br)c1. The summed E-state index contributed by atoms with van der Waals surface area (Å²) < 4.78 is 6.41. The van der Waals surface area contributed by atoms with Crippen molar-refractivity contribution in [2.24, 2.45) is 0 Å². The van der Waals surface area contributed by atoms with Gasteiger partial charge in [0, 0.05) is 5.69 Å². The number of nitrogens with one attached hydrogen (secondary N) is 1. The predicted octanol–water partition coefficient (Wildman–Crippen LogP) is 3.66. The number of imidazole rings is 1. The van der Waals surface area contributed by atoms with Crippen molar-refractivity contribution in [2.45, 2.75) is 26.7 Å². The molecule has 1 heterocycles. The number of hydrogen-bond acceptors (Lipinski definition) is 2. The number of rotatable bonds is 5. The van der Waals surface area contributed by atoms with Crippen molar-refractivity contribution in [2.75, 3.05) is 6.61 Å². The second-order valence-corrected chi connectivity index (χ2v) is 4.92. The van der Waals surface area contributed by atoms with Gasteiger partial charge in [-0.05, 0) is 60.3 Å². The van der Waals surface area contributed by atoms with E-state index < -0.39 is 0 Å². The number of H-pyrrole nitrogens is 1. The van der Waals surface area contributed by atoms with E-state index >= 15 is 0 Å². The summed E-state index contributed by atoms with van der Waals surface area (Å²) >= 11 is 3.46. The van der Waals surface area contributed by atoms with E-state index in [0.717, 1.165) is 34.7 Å². The van der Waals surface area contributed by atoms with Crippen LogP contribution < -0.4 is 4.74 Å². The fourth-order valence-corrected chi connectivity index (χ4v) is 2.47. The van der Waals surface area contributed by atoms with Crippen molar-refractivity contribution in [3.8, 4) is 5.75 Å². The molecule has 0 aliphatic rings. The van der Waals surface area contributed by atoms with Crippen LogP contribution in [0.4, 0.5) is 0 Å². The molecular weight excluding hydrogens is 292 g/mol. The van der Waals surface area contributed by atoms with Crippen LogP contribution in [0.1, 0.15) is 24.0 Å². The Balaban J connectivity index is 2.01. The first-order valence-corrected chi connectivity index (χ1v) is 6.91. The summed E-state index contributed by atoms with van der Waals surface area (Å²) in [6, 6.07) is 8.25. The third-order valence-electron chi connectivity index (χ3n) is 2.72. The molecule has 0 atom stereocenters. The second kappa shape index (κ2) is 6.05. The first-order valence-electron chi connectivity index (χ1n) is 6.11. The van der Waals surface area contributed by atoms with Gasteiger partial charge < -0.3 is 9.72 Å². The number of aryl methyl sites for hydroxylation is 3. The molecule has 3 nitrogen and oxygen atoms in total. The Morgan fingerprint density at radius 1 is 1.33 bits per heavy atom. The topological polar surface area (TPSA) is 37.9 Å². The highest BCUT2D eigenvalue weighted by atomic mass is 79.9. The average molecular weight is 309 g/mol. The number of hydrogen-bond donors (Lipinski definition) is 1. The third-order valence-corrected chi connectivity index (χ3v) is 3.38. The molecular formula is C14H17BrN2O. The zero-order valence-electron chi connectivity index (χ0n) is 10.7. The van der Waals surface area contributed by atoms with Crippen LogP contribution >= 0.6 is 15.9 Å². The van der Waals surface area contributed by atoms with Crippen LogP contribution in [-0.4, -0.2) is 16.6 Å². The highest BCUT2D eigenvalue weighted by molar-refractivity contribution is 9.10. The molecule has 0 fully saturated rings. The zero-order valence-corrected chi connectivity index (χ0v) is 12.3. The fraction of sp³-hybridized carbons (Fsp3) is 0.357. The maximum atomic E-state index is 5.50. The molecule has 18 heavy (non-hydrogen) atoms. The van der Waals surface area contributed by atoms with Crippen molar-refractivity contribution < 1.29 is 4.74 Å². The van der Waals surface area contributed by atoms with Gasteiger partial charge in [0.2, 0.25) is 0 Å². The van der Waals surface area contributed by atoms with Gasteiger partial charge in [-0.2, -0.15) is 0 Å². The lowest BCUT2D eigenvalue weighted by Crippen LogP contribution is -1.95. The Hall–Kier alpha value is -1.29. The number of benzene rings is 1. The molecule has 0 aliphatic carbocycles. The molecule has 96 valence electrons. The van der Waals surface area contributed by atoms with Crippen LogP contribution in [0, 0.1) is 6.92 Å². The summed E-state index contributed by atoms with van der Waals surface area (Å²) in [5.41, 5.74) is 2.43. The molecule has 0 amide bonds. The minimum atomic E-state index is 0.703. The molecule has 0 unspecified atom stereocenters. The molecule has 0 radical (unpaired) electrons. The molecule has 1 N–H and O–H groups in total. The number of nitrogens with zero attached hydrogens (tertiary/aromatic N) is 1. The number of ether oxygens (including phenoxy) is 1.